The number of fused-ring (bicyclic) bond motifs is 2. The van der Waals surface area contributed by atoms with Crippen LogP contribution in [0.5, 0.6) is 0 Å². The van der Waals surface area contributed by atoms with Gasteiger partial charge in [-0.2, -0.15) is 4.98 Å². The van der Waals surface area contributed by atoms with Crippen LogP contribution in [0.1, 0.15) is 46.5 Å². The molecule has 38 heavy (non-hydrogen) atoms. The summed E-state index contributed by atoms with van der Waals surface area (Å²) in [6.07, 6.45) is 4.10. The molecule has 1 fully saturated rings. The van der Waals surface area contributed by atoms with Crippen LogP contribution < -0.4 is 15.4 Å². The molecule has 5 rings (SSSR count). The highest BCUT2D eigenvalue weighted by Gasteiger charge is 2.24. The first kappa shape index (κ1) is 26.4. The molecule has 0 spiro atoms. The second-order valence-corrected chi connectivity index (χ2v) is 13.1. The zero-order chi connectivity index (χ0) is 26.8. The van der Waals surface area contributed by atoms with Gasteiger partial charge in [-0.15, -0.1) is 0 Å². The van der Waals surface area contributed by atoms with Crippen LogP contribution in [0.2, 0.25) is 0 Å². The number of hydrogen-bond donors (Lipinski definition) is 3. The lowest BCUT2D eigenvalue weighted by molar-refractivity contribution is 0.284. The Morgan fingerprint density at radius 3 is 2.16 bits per heavy atom. The fourth-order valence-electron chi connectivity index (χ4n) is 5.22. The van der Waals surface area contributed by atoms with Gasteiger partial charge in [0.15, 0.2) is 0 Å². The van der Waals surface area contributed by atoms with E-state index in [0.29, 0.717) is 29.2 Å². The summed E-state index contributed by atoms with van der Waals surface area (Å²) in [5.74, 6) is 2.33. The molecule has 1 saturated carbocycles. The van der Waals surface area contributed by atoms with E-state index in [-0.39, 0.29) is 5.54 Å². The minimum atomic E-state index is -3.57. The Morgan fingerprint density at radius 2 is 1.42 bits per heavy atom. The highest BCUT2D eigenvalue weighted by molar-refractivity contribution is 7.89. The molecule has 1 aliphatic carbocycles. The van der Waals surface area contributed by atoms with Crippen molar-refractivity contribution in [3.63, 3.8) is 0 Å². The number of benzene rings is 3. The van der Waals surface area contributed by atoms with E-state index in [1.54, 1.807) is 12.1 Å². The molecule has 1 aromatic heterocycles. The van der Waals surface area contributed by atoms with Crippen molar-refractivity contribution in [1.82, 2.24) is 14.7 Å². The topological polar surface area (TPSA) is 96.0 Å². The summed E-state index contributed by atoms with van der Waals surface area (Å²) < 4.78 is 29.0. The van der Waals surface area contributed by atoms with Crippen LogP contribution in [0.15, 0.2) is 71.6 Å². The molecule has 3 aromatic carbocycles. The minimum absolute atomic E-state index is 0.109. The first-order valence-corrected chi connectivity index (χ1v) is 14.9. The molecule has 1 heterocycles. The largest absolute Gasteiger partial charge is 0.365 e. The van der Waals surface area contributed by atoms with Gasteiger partial charge in [0.1, 0.15) is 5.82 Å². The van der Waals surface area contributed by atoms with E-state index in [1.165, 1.54) is 0 Å². The molecule has 3 N–H and O–H groups in total. The summed E-state index contributed by atoms with van der Waals surface area (Å²) in [6, 6.07) is 21.1. The van der Waals surface area contributed by atoms with Crippen LogP contribution in [-0.4, -0.2) is 37.0 Å². The van der Waals surface area contributed by atoms with E-state index in [0.717, 1.165) is 59.7 Å². The van der Waals surface area contributed by atoms with Gasteiger partial charge in [0.05, 0.1) is 10.4 Å². The molecule has 4 aromatic rings. The van der Waals surface area contributed by atoms with Gasteiger partial charge >= 0.3 is 0 Å². The van der Waals surface area contributed by atoms with Gasteiger partial charge in [-0.3, -0.25) is 0 Å². The van der Waals surface area contributed by atoms with Crippen LogP contribution in [0.25, 0.3) is 21.7 Å². The first-order valence-electron chi connectivity index (χ1n) is 13.4. The molecule has 0 atom stereocenters. The molecular formula is C30H37N5O2S. The minimum Gasteiger partial charge on any atom is -0.365 e. The van der Waals surface area contributed by atoms with Gasteiger partial charge < -0.3 is 10.6 Å². The van der Waals surface area contributed by atoms with Crippen LogP contribution in [0.4, 0.5) is 11.8 Å². The monoisotopic (exact) mass is 531 g/mol. The Balaban J connectivity index is 1.16. The summed E-state index contributed by atoms with van der Waals surface area (Å²) in [5, 5.41) is 9.68. The molecule has 7 nitrogen and oxygen atoms in total. The van der Waals surface area contributed by atoms with Gasteiger partial charge in [0.2, 0.25) is 16.0 Å². The van der Waals surface area contributed by atoms with Crippen LogP contribution in [0, 0.1) is 11.8 Å². The summed E-state index contributed by atoms with van der Waals surface area (Å²) in [4.78, 5) is 9.87. The maximum absolute atomic E-state index is 13.1. The molecule has 8 heteroatoms. The second-order valence-electron chi connectivity index (χ2n) is 11.4. The van der Waals surface area contributed by atoms with Gasteiger partial charge in [-0.1, -0.05) is 48.5 Å². The molecule has 0 radical (unpaired) electrons. The number of aromatic nitrogens is 2. The lowest BCUT2D eigenvalue weighted by Gasteiger charge is -2.29. The third-order valence-corrected chi connectivity index (χ3v) is 8.69. The molecular weight excluding hydrogens is 494 g/mol. The summed E-state index contributed by atoms with van der Waals surface area (Å²) in [6.45, 7) is 7.65. The van der Waals surface area contributed by atoms with Crippen molar-refractivity contribution in [2.45, 2.75) is 56.9 Å². The Bertz CT molecular complexity index is 1520. The molecule has 0 saturated heterocycles. The predicted molar refractivity (Wildman–Crippen MR) is 156 cm³/mol. The molecule has 0 bridgehead atoms. The lowest BCUT2D eigenvalue weighted by atomic mass is 9.82. The van der Waals surface area contributed by atoms with E-state index < -0.39 is 10.0 Å². The Morgan fingerprint density at radius 1 is 0.789 bits per heavy atom. The quantitative estimate of drug-likeness (QED) is 0.251. The van der Waals surface area contributed by atoms with Crippen LogP contribution in [-0.2, 0) is 10.0 Å². The third-order valence-electron chi connectivity index (χ3n) is 7.21. The smallest absolute Gasteiger partial charge is 0.241 e. The number of hydrogen-bond acceptors (Lipinski definition) is 6. The maximum Gasteiger partial charge on any atom is 0.241 e. The molecule has 1 aliphatic rings. The Labute approximate surface area is 225 Å². The molecule has 0 unspecified atom stereocenters. The van der Waals surface area contributed by atoms with E-state index in [4.69, 9.17) is 9.97 Å². The first-order chi connectivity index (χ1) is 18.2. The van der Waals surface area contributed by atoms with Crippen molar-refractivity contribution in [3.05, 3.63) is 66.7 Å². The van der Waals surface area contributed by atoms with Gasteiger partial charge in [-0.25, -0.2) is 18.1 Å². The number of nitrogens with zero attached hydrogens (tertiary/aromatic N) is 2. The predicted octanol–water partition coefficient (Wildman–Crippen LogP) is 6.19. The van der Waals surface area contributed by atoms with Crippen molar-refractivity contribution in [3.8, 4) is 0 Å². The molecule has 0 aliphatic heterocycles. The Kier molecular flexibility index (Phi) is 7.54. The average Bonchev–Trinajstić information content (AvgIpc) is 2.90. The second kappa shape index (κ2) is 10.9. The number of rotatable bonds is 8. The standard InChI is InChI=1S/C30H37N5O2S/c1-30(2,3)35-28-25-12-6-7-13-26(25)33-29(34-28)31-19-21-15-17-22(18-16-21)20-32-38(36,37)27-14-8-10-23-9-4-5-11-24(23)27/h4-14,21-22,32H,15-20H2,1-3H3,(H2,31,33,34,35). The average molecular weight is 532 g/mol. The van der Waals surface area contributed by atoms with Crippen molar-refractivity contribution in [1.29, 1.82) is 0 Å². The van der Waals surface area contributed by atoms with Crippen molar-refractivity contribution in [2.75, 3.05) is 23.7 Å². The Hall–Kier alpha value is -3.23. The fraction of sp³-hybridized carbons (Fsp3) is 0.400. The van der Waals surface area contributed by atoms with E-state index in [2.05, 4.69) is 36.1 Å². The number of para-hydroxylation sites is 1. The number of anilines is 2. The third kappa shape index (κ3) is 6.25. The highest BCUT2D eigenvalue weighted by Crippen LogP contribution is 2.30. The van der Waals surface area contributed by atoms with Gasteiger partial charge in [-0.05, 0) is 81.9 Å². The van der Waals surface area contributed by atoms with Crippen molar-refractivity contribution < 1.29 is 8.42 Å². The number of sulfonamides is 1. The maximum atomic E-state index is 13.1. The SMILES string of the molecule is CC(C)(C)Nc1nc(NCC2CCC(CNS(=O)(=O)c3cccc4ccccc34)CC2)nc2ccccc12. The summed E-state index contributed by atoms with van der Waals surface area (Å²) in [5.41, 5.74) is 0.806. The fourth-order valence-corrected chi connectivity index (χ4v) is 6.56. The molecule has 200 valence electrons. The molecule has 0 amide bonds. The lowest BCUT2D eigenvalue weighted by Crippen LogP contribution is -2.32. The summed E-state index contributed by atoms with van der Waals surface area (Å²) in [7, 11) is -3.57. The summed E-state index contributed by atoms with van der Waals surface area (Å²) >= 11 is 0. The highest BCUT2D eigenvalue weighted by atomic mass is 32.2. The van der Waals surface area contributed by atoms with Crippen molar-refractivity contribution >= 4 is 43.5 Å². The van der Waals surface area contributed by atoms with E-state index >= 15 is 0 Å². The normalized spacial score (nSPS) is 18.5. The van der Waals surface area contributed by atoms with Crippen LogP contribution >= 0.6 is 0 Å². The zero-order valence-electron chi connectivity index (χ0n) is 22.4. The zero-order valence-corrected chi connectivity index (χ0v) is 23.2. The number of nitrogens with one attached hydrogen (secondary N) is 3. The van der Waals surface area contributed by atoms with Gasteiger partial charge in [0.25, 0.3) is 0 Å². The van der Waals surface area contributed by atoms with Gasteiger partial charge in [0, 0.05) is 29.4 Å². The van der Waals surface area contributed by atoms with Crippen LogP contribution in [0.3, 0.4) is 0 Å². The van der Waals surface area contributed by atoms with E-state index in [9.17, 15) is 8.42 Å². The van der Waals surface area contributed by atoms with E-state index in [1.807, 2.05) is 54.6 Å². The van der Waals surface area contributed by atoms with Crippen molar-refractivity contribution in [2.24, 2.45) is 11.8 Å².